The van der Waals surface area contributed by atoms with Crippen LogP contribution >= 0.6 is 11.3 Å². The molecule has 0 unspecified atom stereocenters. The quantitative estimate of drug-likeness (QED) is 0.674. The molecule has 0 radical (unpaired) electrons. The van der Waals surface area contributed by atoms with Gasteiger partial charge in [-0.2, -0.15) is 0 Å². The number of nitrogens with one attached hydrogen (secondary N) is 1. The highest BCUT2D eigenvalue weighted by Gasteiger charge is 2.23. The molecule has 134 valence electrons. The van der Waals surface area contributed by atoms with Crippen LogP contribution in [0.5, 0.6) is 0 Å². The Labute approximate surface area is 155 Å². The summed E-state index contributed by atoms with van der Waals surface area (Å²) < 4.78 is 32.2. The number of sulfonamides is 1. The van der Waals surface area contributed by atoms with Crippen molar-refractivity contribution in [3.63, 3.8) is 0 Å². The molecule has 0 spiro atoms. The first kappa shape index (κ1) is 18.1. The van der Waals surface area contributed by atoms with Gasteiger partial charge in [-0.3, -0.25) is 4.72 Å². The Kier molecular flexibility index (Phi) is 5.06. The van der Waals surface area contributed by atoms with E-state index in [1.54, 1.807) is 18.2 Å². The van der Waals surface area contributed by atoms with Crippen LogP contribution in [0.25, 0.3) is 11.3 Å². The maximum Gasteiger partial charge on any atom is 0.350 e. The third-order valence-electron chi connectivity index (χ3n) is 3.60. The fourth-order valence-corrected chi connectivity index (χ4v) is 4.44. The normalized spacial score (nSPS) is 11.2. The fourth-order valence-electron chi connectivity index (χ4n) is 2.28. The molecule has 0 aliphatic rings. The van der Waals surface area contributed by atoms with Crippen molar-refractivity contribution in [2.75, 3.05) is 11.8 Å². The standard InChI is InChI=1S/C18H16N2O4S2/c1-12-8-10-13(11-9-12)15-16(17(21)24-2)25-18(19-15)20-26(22,23)14-6-4-3-5-7-14/h3-11H,1-2H3,(H,19,20). The first-order valence-corrected chi connectivity index (χ1v) is 9.95. The molecule has 0 saturated heterocycles. The van der Waals surface area contributed by atoms with Gasteiger partial charge in [-0.1, -0.05) is 59.4 Å². The van der Waals surface area contributed by atoms with Crippen LogP contribution in [-0.2, 0) is 14.8 Å². The van der Waals surface area contributed by atoms with Crippen LogP contribution in [0.1, 0.15) is 15.2 Å². The van der Waals surface area contributed by atoms with Gasteiger partial charge in [-0.05, 0) is 19.1 Å². The summed E-state index contributed by atoms with van der Waals surface area (Å²) in [5.74, 6) is -0.566. The number of ether oxygens (including phenoxy) is 1. The molecule has 8 heteroatoms. The zero-order valence-electron chi connectivity index (χ0n) is 14.1. The number of methoxy groups -OCH3 is 1. The molecule has 0 amide bonds. The van der Waals surface area contributed by atoms with E-state index < -0.39 is 16.0 Å². The number of anilines is 1. The summed E-state index contributed by atoms with van der Waals surface area (Å²) in [5, 5.41) is 0.102. The topological polar surface area (TPSA) is 85.4 Å². The predicted octanol–water partition coefficient (Wildman–Crippen LogP) is 3.71. The number of carbonyl (C=O) groups excluding carboxylic acids is 1. The van der Waals surface area contributed by atoms with Crippen molar-refractivity contribution in [3.8, 4) is 11.3 Å². The summed E-state index contributed by atoms with van der Waals surface area (Å²) in [5.41, 5.74) is 2.15. The lowest BCUT2D eigenvalue weighted by molar-refractivity contribution is 0.0607. The molecule has 1 heterocycles. The van der Waals surface area contributed by atoms with Crippen LogP contribution in [0.15, 0.2) is 59.5 Å². The largest absolute Gasteiger partial charge is 0.465 e. The lowest BCUT2D eigenvalue weighted by atomic mass is 10.1. The van der Waals surface area contributed by atoms with Crippen LogP contribution in [0.3, 0.4) is 0 Å². The Balaban J connectivity index is 2.01. The summed E-state index contributed by atoms with van der Waals surface area (Å²) in [6.45, 7) is 1.95. The van der Waals surface area contributed by atoms with Crippen LogP contribution in [0.2, 0.25) is 0 Å². The van der Waals surface area contributed by atoms with Crippen molar-refractivity contribution in [1.29, 1.82) is 0 Å². The van der Waals surface area contributed by atoms with E-state index in [0.29, 0.717) is 11.3 Å². The lowest BCUT2D eigenvalue weighted by Crippen LogP contribution is -2.12. The van der Waals surface area contributed by atoms with E-state index in [2.05, 4.69) is 9.71 Å². The SMILES string of the molecule is COC(=O)c1sc(NS(=O)(=O)c2ccccc2)nc1-c1ccc(C)cc1. The number of hydrogen-bond acceptors (Lipinski definition) is 6. The summed E-state index contributed by atoms with van der Waals surface area (Å²) in [6.07, 6.45) is 0. The summed E-state index contributed by atoms with van der Waals surface area (Å²) >= 11 is 0.937. The van der Waals surface area contributed by atoms with Crippen LogP contribution < -0.4 is 4.72 Å². The number of carbonyl (C=O) groups is 1. The minimum atomic E-state index is -3.79. The van der Waals surface area contributed by atoms with Gasteiger partial charge in [0.15, 0.2) is 5.13 Å². The highest BCUT2D eigenvalue weighted by molar-refractivity contribution is 7.93. The minimum Gasteiger partial charge on any atom is -0.465 e. The molecule has 3 rings (SSSR count). The van der Waals surface area contributed by atoms with E-state index in [4.69, 9.17) is 4.74 Å². The molecule has 6 nitrogen and oxygen atoms in total. The predicted molar refractivity (Wildman–Crippen MR) is 101 cm³/mol. The van der Waals surface area contributed by atoms with Gasteiger partial charge >= 0.3 is 5.97 Å². The Bertz CT molecular complexity index is 1030. The highest BCUT2D eigenvalue weighted by Crippen LogP contribution is 2.33. The van der Waals surface area contributed by atoms with Crippen molar-refractivity contribution in [1.82, 2.24) is 4.98 Å². The van der Waals surface area contributed by atoms with Crippen LogP contribution in [0.4, 0.5) is 5.13 Å². The molecule has 26 heavy (non-hydrogen) atoms. The van der Waals surface area contributed by atoms with Crippen molar-refractivity contribution in [3.05, 3.63) is 65.0 Å². The first-order chi connectivity index (χ1) is 12.4. The van der Waals surface area contributed by atoms with Gasteiger partial charge < -0.3 is 4.74 Å². The van der Waals surface area contributed by atoms with Crippen LogP contribution in [-0.4, -0.2) is 26.5 Å². The number of aryl methyl sites for hydroxylation is 1. The number of benzene rings is 2. The lowest BCUT2D eigenvalue weighted by Gasteiger charge is -2.04. The molecule has 0 fully saturated rings. The Morgan fingerprint density at radius 3 is 2.35 bits per heavy atom. The molecule has 1 N–H and O–H groups in total. The van der Waals surface area contributed by atoms with Gasteiger partial charge in [0.05, 0.1) is 17.7 Å². The van der Waals surface area contributed by atoms with Crippen LogP contribution in [0, 0.1) is 6.92 Å². The van der Waals surface area contributed by atoms with Crippen molar-refractivity contribution >= 4 is 32.5 Å². The Hall–Kier alpha value is -2.71. The highest BCUT2D eigenvalue weighted by atomic mass is 32.2. The molecule has 3 aromatic rings. The minimum absolute atomic E-state index is 0.102. The average Bonchev–Trinajstić information content (AvgIpc) is 3.05. The van der Waals surface area contributed by atoms with Gasteiger partial charge in [-0.15, -0.1) is 0 Å². The van der Waals surface area contributed by atoms with E-state index in [1.807, 2.05) is 31.2 Å². The second-order valence-corrected chi connectivity index (χ2v) is 8.15. The van der Waals surface area contributed by atoms with Gasteiger partial charge in [0, 0.05) is 5.56 Å². The molecular weight excluding hydrogens is 372 g/mol. The smallest absolute Gasteiger partial charge is 0.350 e. The number of nitrogens with zero attached hydrogens (tertiary/aromatic N) is 1. The van der Waals surface area contributed by atoms with E-state index in [9.17, 15) is 13.2 Å². The van der Waals surface area contributed by atoms with Crippen molar-refractivity contribution in [2.24, 2.45) is 0 Å². The van der Waals surface area contributed by atoms with E-state index in [1.165, 1.54) is 19.2 Å². The van der Waals surface area contributed by atoms with Gasteiger partial charge in [0.25, 0.3) is 10.0 Å². The fraction of sp³-hybridized carbons (Fsp3) is 0.111. The van der Waals surface area contributed by atoms with E-state index in [0.717, 1.165) is 16.9 Å². The number of thiazole rings is 1. The Morgan fingerprint density at radius 2 is 1.73 bits per heavy atom. The summed E-state index contributed by atoms with van der Waals surface area (Å²) in [6, 6.07) is 15.4. The average molecular weight is 388 g/mol. The third kappa shape index (κ3) is 3.76. The maximum absolute atomic E-state index is 12.5. The number of rotatable bonds is 5. The monoisotopic (exact) mass is 388 g/mol. The van der Waals surface area contributed by atoms with Gasteiger partial charge in [0.2, 0.25) is 0 Å². The number of esters is 1. The molecular formula is C18H16N2O4S2. The molecule has 0 aliphatic carbocycles. The van der Waals surface area contributed by atoms with Gasteiger partial charge in [0.1, 0.15) is 4.88 Å². The van der Waals surface area contributed by atoms with Gasteiger partial charge in [-0.25, -0.2) is 18.2 Å². The van der Waals surface area contributed by atoms with Crippen molar-refractivity contribution < 1.29 is 17.9 Å². The molecule has 1 aromatic heterocycles. The molecule has 0 atom stereocenters. The zero-order valence-corrected chi connectivity index (χ0v) is 15.7. The summed E-state index contributed by atoms with van der Waals surface area (Å²) in [7, 11) is -2.52. The first-order valence-electron chi connectivity index (χ1n) is 7.65. The maximum atomic E-state index is 12.5. The zero-order chi connectivity index (χ0) is 18.7. The second kappa shape index (κ2) is 7.27. The molecule has 2 aromatic carbocycles. The molecule has 0 bridgehead atoms. The Morgan fingerprint density at radius 1 is 1.08 bits per heavy atom. The molecule has 0 aliphatic heterocycles. The second-order valence-electron chi connectivity index (χ2n) is 5.47. The van der Waals surface area contributed by atoms with E-state index in [-0.39, 0.29) is 14.9 Å². The third-order valence-corrected chi connectivity index (χ3v) is 6.03. The summed E-state index contributed by atoms with van der Waals surface area (Å²) in [4.78, 5) is 16.8. The van der Waals surface area contributed by atoms with Crippen molar-refractivity contribution in [2.45, 2.75) is 11.8 Å². The molecule has 0 saturated carbocycles. The number of hydrogen-bond donors (Lipinski definition) is 1. The number of aromatic nitrogens is 1. The van der Waals surface area contributed by atoms with E-state index >= 15 is 0 Å².